The van der Waals surface area contributed by atoms with Gasteiger partial charge in [-0.15, -0.1) is 0 Å². The number of aromatic hydroxyl groups is 1. The Bertz CT molecular complexity index is 780. The summed E-state index contributed by atoms with van der Waals surface area (Å²) in [7, 11) is 0. The number of rotatable bonds is 7. The van der Waals surface area contributed by atoms with E-state index in [-0.39, 0.29) is 30.8 Å². The van der Waals surface area contributed by atoms with Crippen LogP contribution in [0.2, 0.25) is 0 Å². The molecule has 1 amide bonds. The number of ether oxygens (including phenoxy) is 2. The van der Waals surface area contributed by atoms with Crippen molar-refractivity contribution in [2.45, 2.75) is 20.0 Å². The molecule has 0 atom stereocenters. The number of benzene rings is 2. The topological polar surface area (TPSA) is 71.0 Å². The van der Waals surface area contributed by atoms with Crippen LogP contribution in [0.25, 0.3) is 0 Å². The number of nitrogens with one attached hydrogen (secondary N) is 1. The number of phenols is 1. The molecule has 138 valence electrons. The van der Waals surface area contributed by atoms with Crippen molar-refractivity contribution >= 4 is 5.91 Å². The number of hydrogen-bond acceptors (Lipinski definition) is 5. The van der Waals surface area contributed by atoms with Gasteiger partial charge in [0.15, 0.2) is 11.5 Å². The highest BCUT2D eigenvalue weighted by Crippen LogP contribution is 2.37. The number of nitrogens with zero attached hydrogens (tertiary/aromatic N) is 1. The van der Waals surface area contributed by atoms with Gasteiger partial charge in [0.1, 0.15) is 11.6 Å². The van der Waals surface area contributed by atoms with Crippen molar-refractivity contribution < 1.29 is 23.8 Å². The molecule has 2 aromatic carbocycles. The van der Waals surface area contributed by atoms with Gasteiger partial charge >= 0.3 is 0 Å². The van der Waals surface area contributed by atoms with Gasteiger partial charge in [-0.1, -0.05) is 19.1 Å². The highest BCUT2D eigenvalue weighted by molar-refractivity contribution is 5.78. The fraction of sp³-hybridized carbons (Fsp3) is 0.316. The lowest BCUT2D eigenvalue weighted by Gasteiger charge is -2.20. The first kappa shape index (κ1) is 18.0. The lowest BCUT2D eigenvalue weighted by molar-refractivity contribution is -0.122. The Kier molecular flexibility index (Phi) is 5.58. The highest BCUT2D eigenvalue weighted by Gasteiger charge is 2.19. The summed E-state index contributed by atoms with van der Waals surface area (Å²) in [4.78, 5) is 14.1. The van der Waals surface area contributed by atoms with Gasteiger partial charge in [-0.2, -0.15) is 0 Å². The maximum atomic E-state index is 12.9. The lowest BCUT2D eigenvalue weighted by atomic mass is 10.1. The van der Waals surface area contributed by atoms with Crippen LogP contribution in [0.3, 0.4) is 0 Å². The molecule has 6 nitrogen and oxygen atoms in total. The van der Waals surface area contributed by atoms with E-state index in [1.54, 1.807) is 18.2 Å². The first-order chi connectivity index (χ1) is 12.5. The third-order valence-corrected chi connectivity index (χ3v) is 4.19. The minimum Gasteiger partial charge on any atom is -0.507 e. The quantitative estimate of drug-likeness (QED) is 0.793. The largest absolute Gasteiger partial charge is 0.507 e. The zero-order chi connectivity index (χ0) is 18.5. The molecule has 0 fully saturated rings. The molecular formula is C19H21FN2O4. The molecule has 26 heavy (non-hydrogen) atoms. The second-order valence-corrected chi connectivity index (χ2v) is 6.04. The van der Waals surface area contributed by atoms with Crippen molar-refractivity contribution in [3.8, 4) is 17.2 Å². The molecule has 2 N–H and O–H groups in total. The van der Waals surface area contributed by atoms with Gasteiger partial charge in [-0.25, -0.2) is 4.39 Å². The predicted molar refractivity (Wildman–Crippen MR) is 93.4 cm³/mol. The van der Waals surface area contributed by atoms with Crippen molar-refractivity contribution in [1.82, 2.24) is 10.2 Å². The molecule has 0 spiro atoms. The predicted octanol–water partition coefficient (Wildman–Crippen LogP) is 2.40. The molecule has 0 saturated carbocycles. The van der Waals surface area contributed by atoms with Gasteiger partial charge in [0.05, 0.1) is 6.54 Å². The maximum absolute atomic E-state index is 12.9. The van der Waals surface area contributed by atoms with Gasteiger partial charge in [0.2, 0.25) is 12.7 Å². The third-order valence-electron chi connectivity index (χ3n) is 4.19. The highest BCUT2D eigenvalue weighted by atomic mass is 19.1. The zero-order valence-electron chi connectivity index (χ0n) is 14.5. The van der Waals surface area contributed by atoms with E-state index in [4.69, 9.17) is 9.47 Å². The Morgan fingerprint density at radius 2 is 1.92 bits per heavy atom. The number of amides is 1. The van der Waals surface area contributed by atoms with E-state index in [9.17, 15) is 14.3 Å². The van der Waals surface area contributed by atoms with Crippen LogP contribution in [0.15, 0.2) is 36.4 Å². The molecular weight excluding hydrogens is 339 g/mol. The van der Waals surface area contributed by atoms with Gasteiger partial charge < -0.3 is 19.9 Å². The molecule has 0 aromatic heterocycles. The van der Waals surface area contributed by atoms with E-state index in [0.29, 0.717) is 36.7 Å². The van der Waals surface area contributed by atoms with Crippen LogP contribution in [0, 0.1) is 5.82 Å². The first-order valence-corrected chi connectivity index (χ1v) is 8.40. The van der Waals surface area contributed by atoms with Crippen molar-refractivity contribution in [2.24, 2.45) is 0 Å². The fourth-order valence-corrected chi connectivity index (χ4v) is 2.68. The monoisotopic (exact) mass is 360 g/mol. The molecule has 0 radical (unpaired) electrons. The molecule has 0 aliphatic carbocycles. The normalized spacial score (nSPS) is 12.4. The van der Waals surface area contributed by atoms with Crippen LogP contribution in [-0.2, 0) is 17.9 Å². The van der Waals surface area contributed by atoms with Crippen LogP contribution in [-0.4, -0.2) is 35.8 Å². The Morgan fingerprint density at radius 3 is 2.62 bits per heavy atom. The van der Waals surface area contributed by atoms with Gasteiger partial charge in [-0.05, 0) is 30.3 Å². The standard InChI is InChI=1S/C19H21FN2O4/c1-2-22(10-14-7-17-18(8-16(14)23)26-12-25-17)11-19(24)21-9-13-3-5-15(20)6-4-13/h3-8,23H,2,9-12H2,1H3,(H,21,24). The van der Waals surface area contributed by atoms with E-state index in [1.807, 2.05) is 11.8 Å². The van der Waals surface area contributed by atoms with Crippen molar-refractivity contribution in [1.29, 1.82) is 0 Å². The van der Waals surface area contributed by atoms with Crippen LogP contribution in [0.1, 0.15) is 18.1 Å². The minimum atomic E-state index is -0.305. The Labute approximate surface area is 151 Å². The lowest BCUT2D eigenvalue weighted by Crippen LogP contribution is -2.36. The van der Waals surface area contributed by atoms with Crippen LogP contribution in [0.4, 0.5) is 4.39 Å². The minimum absolute atomic E-state index is 0.111. The smallest absolute Gasteiger partial charge is 0.234 e. The average Bonchev–Trinajstić information content (AvgIpc) is 3.08. The average molecular weight is 360 g/mol. The Hall–Kier alpha value is -2.80. The summed E-state index contributed by atoms with van der Waals surface area (Å²) in [6, 6.07) is 9.26. The first-order valence-electron chi connectivity index (χ1n) is 8.40. The van der Waals surface area contributed by atoms with Crippen molar-refractivity contribution in [2.75, 3.05) is 19.9 Å². The molecule has 2 aromatic rings. The van der Waals surface area contributed by atoms with Crippen LogP contribution >= 0.6 is 0 Å². The number of halogens is 1. The van der Waals surface area contributed by atoms with E-state index < -0.39 is 0 Å². The summed E-state index contributed by atoms with van der Waals surface area (Å²) >= 11 is 0. The third kappa shape index (κ3) is 4.43. The fourth-order valence-electron chi connectivity index (χ4n) is 2.68. The summed E-state index contributed by atoms with van der Waals surface area (Å²) < 4.78 is 23.5. The molecule has 1 aliphatic rings. The molecule has 0 unspecified atom stereocenters. The molecule has 0 bridgehead atoms. The van der Waals surface area contributed by atoms with Crippen LogP contribution in [0.5, 0.6) is 17.2 Å². The van der Waals surface area contributed by atoms with Crippen LogP contribution < -0.4 is 14.8 Å². The molecule has 1 heterocycles. The number of likely N-dealkylation sites (N-methyl/N-ethyl adjacent to an activating group) is 1. The van der Waals surface area contributed by atoms with Crippen molar-refractivity contribution in [3.63, 3.8) is 0 Å². The number of carbonyl (C=O) groups excluding carboxylic acids is 1. The second-order valence-electron chi connectivity index (χ2n) is 6.04. The van der Waals surface area contributed by atoms with Crippen molar-refractivity contribution in [3.05, 3.63) is 53.3 Å². The SMILES string of the molecule is CCN(CC(=O)NCc1ccc(F)cc1)Cc1cc2c(cc1O)OCO2. The van der Waals surface area contributed by atoms with E-state index >= 15 is 0 Å². The van der Waals surface area contributed by atoms with Gasteiger partial charge in [-0.3, -0.25) is 9.69 Å². The Morgan fingerprint density at radius 1 is 1.23 bits per heavy atom. The summed E-state index contributed by atoms with van der Waals surface area (Å²) in [5.41, 5.74) is 1.50. The summed E-state index contributed by atoms with van der Waals surface area (Å²) in [6.07, 6.45) is 0. The molecule has 1 aliphatic heterocycles. The van der Waals surface area contributed by atoms with E-state index in [1.165, 1.54) is 18.2 Å². The number of hydrogen-bond donors (Lipinski definition) is 2. The molecule has 7 heteroatoms. The number of carbonyl (C=O) groups is 1. The van der Waals surface area contributed by atoms with E-state index in [2.05, 4.69) is 5.32 Å². The number of phenolic OH excluding ortho intramolecular Hbond substituents is 1. The van der Waals surface area contributed by atoms with Gasteiger partial charge in [0, 0.05) is 24.7 Å². The zero-order valence-corrected chi connectivity index (χ0v) is 14.5. The molecule has 0 saturated heterocycles. The summed E-state index contributed by atoms with van der Waals surface area (Å²) in [5.74, 6) is 0.776. The van der Waals surface area contributed by atoms with Gasteiger partial charge in [0.25, 0.3) is 0 Å². The summed E-state index contributed by atoms with van der Waals surface area (Å²) in [6.45, 7) is 3.65. The van der Waals surface area contributed by atoms with E-state index in [0.717, 1.165) is 5.56 Å². The Balaban J connectivity index is 1.55. The maximum Gasteiger partial charge on any atom is 0.234 e. The summed E-state index contributed by atoms with van der Waals surface area (Å²) in [5, 5.41) is 12.9. The number of fused-ring (bicyclic) bond motifs is 1. The second kappa shape index (κ2) is 8.05. The molecule has 3 rings (SSSR count).